The lowest BCUT2D eigenvalue weighted by atomic mass is 10.2. The lowest BCUT2D eigenvalue weighted by Gasteiger charge is -2.21. The van der Waals surface area contributed by atoms with Crippen molar-refractivity contribution in [3.05, 3.63) is 24.3 Å². The summed E-state index contributed by atoms with van der Waals surface area (Å²) in [7, 11) is -1.52. The van der Waals surface area contributed by atoms with Gasteiger partial charge in [-0.3, -0.25) is 4.52 Å². The van der Waals surface area contributed by atoms with Crippen LogP contribution in [-0.2, 0) is 9.09 Å². The topological polar surface area (TPSA) is 48.0 Å². The summed E-state index contributed by atoms with van der Waals surface area (Å²) in [4.78, 5) is 0. The van der Waals surface area contributed by atoms with Crippen molar-refractivity contribution in [1.82, 2.24) is 4.67 Å². The predicted octanol–water partition coefficient (Wildman–Crippen LogP) is 2.68. The highest BCUT2D eigenvalue weighted by Gasteiger charge is 2.49. The molecule has 1 aromatic carbocycles. The van der Waals surface area contributed by atoms with Crippen LogP contribution < -0.4 is 9.26 Å². The quantitative estimate of drug-likeness (QED) is 0.789. The monoisotopic (exact) mass is 269 g/mol. The molecule has 2 saturated heterocycles. The summed E-state index contributed by atoms with van der Waals surface area (Å²) in [6.07, 6.45) is 2.10. The van der Waals surface area contributed by atoms with Crippen LogP contribution >= 0.6 is 7.75 Å². The molecule has 0 aliphatic carbocycles. The lowest BCUT2D eigenvalue weighted by molar-refractivity contribution is 0.287. The molecule has 6 heteroatoms. The first-order chi connectivity index (χ1) is 8.71. The SMILES string of the molecule is COc1ccc(OP2(=O)OC[C@@H]3CCCN32)cc1. The molecule has 0 N–H and O–H groups in total. The van der Waals surface area contributed by atoms with E-state index in [9.17, 15) is 4.57 Å². The number of benzene rings is 1. The van der Waals surface area contributed by atoms with Gasteiger partial charge in [-0.25, -0.2) is 4.57 Å². The van der Waals surface area contributed by atoms with E-state index < -0.39 is 7.75 Å². The Morgan fingerprint density at radius 1 is 1.33 bits per heavy atom. The Hall–Kier alpha value is -1.03. The minimum Gasteiger partial charge on any atom is -0.497 e. The fraction of sp³-hybridized carbons (Fsp3) is 0.500. The van der Waals surface area contributed by atoms with E-state index in [2.05, 4.69) is 0 Å². The summed E-state index contributed by atoms with van der Waals surface area (Å²) < 4.78 is 30.5. The van der Waals surface area contributed by atoms with Crippen molar-refractivity contribution in [3.8, 4) is 11.5 Å². The molecule has 2 aliphatic heterocycles. The molecule has 1 unspecified atom stereocenters. The van der Waals surface area contributed by atoms with Crippen LogP contribution in [0.1, 0.15) is 12.8 Å². The molecule has 2 fully saturated rings. The molecule has 3 rings (SSSR count). The largest absolute Gasteiger partial charge is 0.497 e. The zero-order chi connectivity index (χ0) is 12.6. The van der Waals surface area contributed by atoms with Gasteiger partial charge in [0, 0.05) is 12.6 Å². The average Bonchev–Trinajstić information content (AvgIpc) is 2.96. The molecular weight excluding hydrogens is 253 g/mol. The number of hydrogen-bond donors (Lipinski definition) is 0. The third-order valence-corrected chi connectivity index (χ3v) is 5.44. The fourth-order valence-electron chi connectivity index (χ4n) is 2.42. The van der Waals surface area contributed by atoms with E-state index in [1.54, 1.807) is 31.4 Å². The molecule has 0 radical (unpaired) electrons. The fourth-order valence-corrected chi connectivity index (χ4v) is 4.44. The van der Waals surface area contributed by atoms with Crippen molar-refractivity contribution in [1.29, 1.82) is 0 Å². The van der Waals surface area contributed by atoms with Crippen LogP contribution in [0.4, 0.5) is 0 Å². The van der Waals surface area contributed by atoms with Gasteiger partial charge in [0.25, 0.3) is 0 Å². The Morgan fingerprint density at radius 2 is 2.06 bits per heavy atom. The van der Waals surface area contributed by atoms with Gasteiger partial charge < -0.3 is 9.26 Å². The van der Waals surface area contributed by atoms with Crippen LogP contribution in [0.2, 0.25) is 0 Å². The molecular formula is C12H16NO4P. The first-order valence-corrected chi connectivity index (χ1v) is 7.56. The number of methoxy groups -OCH3 is 1. The van der Waals surface area contributed by atoms with E-state index in [-0.39, 0.29) is 6.04 Å². The van der Waals surface area contributed by atoms with E-state index in [0.29, 0.717) is 12.4 Å². The van der Waals surface area contributed by atoms with Gasteiger partial charge in [0.1, 0.15) is 11.5 Å². The van der Waals surface area contributed by atoms with Crippen molar-refractivity contribution in [2.75, 3.05) is 20.3 Å². The maximum Gasteiger partial charge on any atom is 0.461 e. The van der Waals surface area contributed by atoms with Crippen molar-refractivity contribution in [2.45, 2.75) is 18.9 Å². The van der Waals surface area contributed by atoms with E-state index in [0.717, 1.165) is 25.1 Å². The number of fused-ring (bicyclic) bond motifs is 1. The molecule has 0 saturated carbocycles. The maximum absolute atomic E-state index is 12.6. The zero-order valence-electron chi connectivity index (χ0n) is 10.2. The number of rotatable bonds is 3. The smallest absolute Gasteiger partial charge is 0.461 e. The first kappa shape index (κ1) is 12.0. The van der Waals surface area contributed by atoms with Crippen LogP contribution in [0.5, 0.6) is 11.5 Å². The van der Waals surface area contributed by atoms with Gasteiger partial charge in [-0.2, -0.15) is 4.67 Å². The number of nitrogens with zero attached hydrogens (tertiary/aromatic N) is 1. The van der Waals surface area contributed by atoms with Crippen molar-refractivity contribution in [3.63, 3.8) is 0 Å². The summed E-state index contributed by atoms with van der Waals surface area (Å²) in [6.45, 7) is 1.30. The Kier molecular flexibility index (Phi) is 3.06. The molecule has 98 valence electrons. The Balaban J connectivity index is 1.77. The number of hydrogen-bond acceptors (Lipinski definition) is 4. The van der Waals surface area contributed by atoms with Gasteiger partial charge in [-0.15, -0.1) is 0 Å². The van der Waals surface area contributed by atoms with Gasteiger partial charge in [0.05, 0.1) is 13.7 Å². The second kappa shape index (κ2) is 4.57. The van der Waals surface area contributed by atoms with E-state index in [1.807, 2.05) is 4.67 Å². The summed E-state index contributed by atoms with van der Waals surface area (Å²) >= 11 is 0. The molecule has 18 heavy (non-hydrogen) atoms. The summed E-state index contributed by atoms with van der Waals surface area (Å²) in [5, 5.41) is 0. The normalized spacial score (nSPS) is 31.3. The highest BCUT2D eigenvalue weighted by Crippen LogP contribution is 2.59. The number of ether oxygens (including phenoxy) is 1. The van der Waals surface area contributed by atoms with Crippen LogP contribution in [0.15, 0.2) is 24.3 Å². The average molecular weight is 269 g/mol. The zero-order valence-corrected chi connectivity index (χ0v) is 11.1. The van der Waals surface area contributed by atoms with E-state index in [4.69, 9.17) is 13.8 Å². The molecule has 5 nitrogen and oxygen atoms in total. The molecule has 0 spiro atoms. The van der Waals surface area contributed by atoms with Crippen LogP contribution in [0, 0.1) is 0 Å². The van der Waals surface area contributed by atoms with E-state index in [1.165, 1.54) is 0 Å². The van der Waals surface area contributed by atoms with Gasteiger partial charge >= 0.3 is 7.75 Å². The van der Waals surface area contributed by atoms with Crippen LogP contribution in [-0.4, -0.2) is 31.0 Å². The minimum atomic E-state index is -3.13. The van der Waals surface area contributed by atoms with Gasteiger partial charge in [-0.05, 0) is 37.1 Å². The molecule has 2 atom stereocenters. The van der Waals surface area contributed by atoms with Crippen molar-refractivity contribution < 1.29 is 18.3 Å². The summed E-state index contributed by atoms with van der Waals surface area (Å²) in [5.41, 5.74) is 0. The highest BCUT2D eigenvalue weighted by atomic mass is 31.2. The predicted molar refractivity (Wildman–Crippen MR) is 66.9 cm³/mol. The molecule has 0 bridgehead atoms. The molecule has 2 heterocycles. The van der Waals surface area contributed by atoms with Gasteiger partial charge in [0.2, 0.25) is 0 Å². The lowest BCUT2D eigenvalue weighted by Crippen LogP contribution is -2.22. The first-order valence-electron chi connectivity index (χ1n) is 6.07. The van der Waals surface area contributed by atoms with Crippen LogP contribution in [0.3, 0.4) is 0 Å². The standard InChI is InChI=1S/C12H16NO4P/c1-15-11-4-6-12(7-5-11)17-18(14)13-8-2-3-10(13)9-16-18/h4-7,10H,2-3,8-9H2,1H3/t10-,18?/m0/s1. The Labute approximate surface area is 106 Å². The van der Waals surface area contributed by atoms with Crippen molar-refractivity contribution >= 4 is 7.75 Å². The highest BCUT2D eigenvalue weighted by molar-refractivity contribution is 7.52. The Bertz CT molecular complexity index is 475. The van der Waals surface area contributed by atoms with Crippen molar-refractivity contribution in [2.24, 2.45) is 0 Å². The maximum atomic E-state index is 12.6. The summed E-state index contributed by atoms with van der Waals surface area (Å²) in [5.74, 6) is 1.29. The van der Waals surface area contributed by atoms with E-state index >= 15 is 0 Å². The van der Waals surface area contributed by atoms with Gasteiger partial charge in [-0.1, -0.05) is 0 Å². The van der Waals surface area contributed by atoms with Gasteiger partial charge in [0.15, 0.2) is 0 Å². The third kappa shape index (κ3) is 2.03. The third-order valence-electron chi connectivity index (χ3n) is 3.37. The molecule has 0 aromatic heterocycles. The van der Waals surface area contributed by atoms with Crippen LogP contribution in [0.25, 0.3) is 0 Å². The second-order valence-electron chi connectivity index (χ2n) is 4.49. The minimum absolute atomic E-state index is 0.258. The second-order valence-corrected chi connectivity index (χ2v) is 6.38. The molecule has 1 aromatic rings. The molecule has 2 aliphatic rings. The Morgan fingerprint density at radius 3 is 2.78 bits per heavy atom. The summed E-state index contributed by atoms with van der Waals surface area (Å²) in [6, 6.07) is 7.29. The molecule has 0 amide bonds.